The van der Waals surface area contributed by atoms with E-state index in [-0.39, 0.29) is 23.5 Å². The van der Waals surface area contributed by atoms with Crippen molar-refractivity contribution in [2.24, 2.45) is 0 Å². The van der Waals surface area contributed by atoms with E-state index in [0.717, 1.165) is 12.8 Å². The first kappa shape index (κ1) is 18.2. The lowest BCUT2D eigenvalue weighted by molar-refractivity contribution is -0.140. The lowest BCUT2D eigenvalue weighted by Gasteiger charge is -2.11. The molecule has 2 rings (SSSR count). The van der Waals surface area contributed by atoms with Crippen molar-refractivity contribution in [1.82, 2.24) is 20.4 Å². The zero-order chi connectivity index (χ0) is 16.7. The Morgan fingerprint density at radius 2 is 1.96 bits per heavy atom. The van der Waals surface area contributed by atoms with Crippen LogP contribution in [-0.4, -0.2) is 57.4 Å². The first-order valence-corrected chi connectivity index (χ1v) is 10.1. The monoisotopic (exact) mass is 374 g/mol. The van der Waals surface area contributed by atoms with Gasteiger partial charge in [-0.1, -0.05) is 41.8 Å². The fourth-order valence-corrected chi connectivity index (χ4v) is 4.60. The number of aromatic nitrogens is 2. The van der Waals surface area contributed by atoms with Gasteiger partial charge < -0.3 is 5.32 Å². The highest BCUT2D eigenvalue weighted by Gasteiger charge is 2.26. The molecule has 1 fully saturated rings. The van der Waals surface area contributed by atoms with Crippen molar-refractivity contribution in [3.63, 3.8) is 0 Å². The van der Waals surface area contributed by atoms with Crippen molar-refractivity contribution < 1.29 is 14.4 Å². The Kier molecular flexibility index (Phi) is 7.31. The summed E-state index contributed by atoms with van der Waals surface area (Å²) < 4.78 is 1.37. The number of nitrogens with zero attached hydrogens (tertiary/aromatic N) is 3. The van der Waals surface area contributed by atoms with E-state index < -0.39 is 0 Å². The minimum Gasteiger partial charge on any atom is -0.355 e. The summed E-state index contributed by atoms with van der Waals surface area (Å²) in [5, 5.41) is 10.8. The second-order valence-electron chi connectivity index (χ2n) is 4.80. The molecule has 0 atom stereocenters. The quantitative estimate of drug-likeness (QED) is 0.688. The van der Waals surface area contributed by atoms with E-state index in [1.165, 1.54) is 39.8 Å². The highest BCUT2D eigenvalue weighted by Crippen LogP contribution is 2.29. The maximum absolute atomic E-state index is 11.9. The number of hydrogen-bond donors (Lipinski definition) is 1. The van der Waals surface area contributed by atoms with Crippen LogP contribution in [-0.2, 0) is 14.4 Å². The molecule has 1 saturated heterocycles. The molecule has 0 radical (unpaired) electrons. The molecule has 3 amide bonds. The van der Waals surface area contributed by atoms with E-state index in [0.29, 0.717) is 33.9 Å². The fourth-order valence-electron chi connectivity index (χ4n) is 1.87. The van der Waals surface area contributed by atoms with Crippen molar-refractivity contribution in [2.75, 3.05) is 24.6 Å². The number of thioether (sulfide) groups is 2. The van der Waals surface area contributed by atoms with Gasteiger partial charge in [-0.15, -0.1) is 10.2 Å². The summed E-state index contributed by atoms with van der Waals surface area (Å²) in [5.41, 5.74) is 0. The Morgan fingerprint density at radius 1 is 1.26 bits per heavy atom. The van der Waals surface area contributed by atoms with Crippen molar-refractivity contribution in [3.05, 3.63) is 0 Å². The molecule has 1 aromatic heterocycles. The smallest absolute Gasteiger partial charge is 0.239 e. The molecule has 23 heavy (non-hydrogen) atoms. The van der Waals surface area contributed by atoms with E-state index >= 15 is 0 Å². The summed E-state index contributed by atoms with van der Waals surface area (Å²) in [6.07, 6.45) is 2.11. The SMILES string of the molecule is CCCNC(=O)CSc1nnc(SCC(=O)N2CCCC2=O)s1. The lowest BCUT2D eigenvalue weighted by atomic mass is 10.4. The minimum absolute atomic E-state index is 0.0241. The number of hydrogen-bond acceptors (Lipinski definition) is 8. The molecule has 0 aromatic carbocycles. The zero-order valence-corrected chi connectivity index (χ0v) is 15.2. The van der Waals surface area contributed by atoms with Crippen LogP contribution in [0, 0.1) is 0 Å². The molecule has 0 saturated carbocycles. The van der Waals surface area contributed by atoms with E-state index in [1.54, 1.807) is 0 Å². The fraction of sp³-hybridized carbons (Fsp3) is 0.615. The summed E-state index contributed by atoms with van der Waals surface area (Å²) in [7, 11) is 0. The maximum atomic E-state index is 11.9. The molecule has 126 valence electrons. The molecular weight excluding hydrogens is 356 g/mol. The number of carbonyl (C=O) groups is 3. The van der Waals surface area contributed by atoms with Crippen LogP contribution in [0.5, 0.6) is 0 Å². The number of carbonyl (C=O) groups excluding carboxylic acids is 3. The van der Waals surface area contributed by atoms with Crippen LogP contribution in [0.3, 0.4) is 0 Å². The van der Waals surface area contributed by atoms with Crippen LogP contribution in [0.15, 0.2) is 8.68 Å². The van der Waals surface area contributed by atoms with Crippen molar-refractivity contribution in [1.29, 1.82) is 0 Å². The maximum Gasteiger partial charge on any atom is 0.239 e. The van der Waals surface area contributed by atoms with Crippen LogP contribution >= 0.6 is 34.9 Å². The third-order valence-corrected chi connectivity index (χ3v) is 6.16. The Morgan fingerprint density at radius 3 is 2.57 bits per heavy atom. The molecule has 1 aliphatic rings. The molecule has 0 bridgehead atoms. The van der Waals surface area contributed by atoms with Gasteiger partial charge in [0.05, 0.1) is 11.5 Å². The summed E-state index contributed by atoms with van der Waals surface area (Å²) in [4.78, 5) is 36.2. The topological polar surface area (TPSA) is 92.3 Å². The number of amides is 3. The molecular formula is C13H18N4O3S3. The van der Waals surface area contributed by atoms with Crippen LogP contribution in [0.2, 0.25) is 0 Å². The van der Waals surface area contributed by atoms with Crippen molar-refractivity contribution in [3.8, 4) is 0 Å². The van der Waals surface area contributed by atoms with Gasteiger partial charge in [-0.3, -0.25) is 19.3 Å². The van der Waals surface area contributed by atoms with E-state index in [1.807, 2.05) is 6.92 Å². The summed E-state index contributed by atoms with van der Waals surface area (Å²) in [6.45, 7) is 3.19. The number of nitrogens with one attached hydrogen (secondary N) is 1. The van der Waals surface area contributed by atoms with Gasteiger partial charge in [0.15, 0.2) is 8.68 Å². The molecule has 1 aliphatic heterocycles. The molecule has 7 nitrogen and oxygen atoms in total. The molecule has 1 N–H and O–H groups in total. The van der Waals surface area contributed by atoms with Crippen LogP contribution in [0.1, 0.15) is 26.2 Å². The van der Waals surface area contributed by atoms with E-state index in [2.05, 4.69) is 15.5 Å². The Hall–Kier alpha value is -1.13. The average molecular weight is 375 g/mol. The van der Waals surface area contributed by atoms with Gasteiger partial charge in [-0.2, -0.15) is 0 Å². The number of rotatable bonds is 8. The van der Waals surface area contributed by atoms with Crippen molar-refractivity contribution in [2.45, 2.75) is 34.9 Å². The molecule has 0 spiro atoms. The Balaban J connectivity index is 1.73. The summed E-state index contributed by atoms with van der Waals surface area (Å²) in [6, 6.07) is 0. The van der Waals surface area contributed by atoms with Crippen LogP contribution < -0.4 is 5.32 Å². The molecule has 10 heteroatoms. The largest absolute Gasteiger partial charge is 0.355 e. The standard InChI is InChI=1S/C13H18N4O3S3/c1-2-5-14-9(18)7-21-12-15-16-13(23-12)22-8-11(20)17-6-3-4-10(17)19/h2-8H2,1H3,(H,14,18). The highest BCUT2D eigenvalue weighted by atomic mass is 32.2. The van der Waals surface area contributed by atoms with Crippen LogP contribution in [0.25, 0.3) is 0 Å². The third-order valence-electron chi connectivity index (χ3n) is 2.98. The minimum atomic E-state index is -0.180. The number of imide groups is 1. The second kappa shape index (κ2) is 9.24. The first-order valence-electron chi connectivity index (χ1n) is 7.29. The predicted octanol–water partition coefficient (Wildman–Crippen LogP) is 1.40. The Bertz CT molecular complexity index is 579. The van der Waals surface area contributed by atoms with Gasteiger partial charge in [-0.25, -0.2) is 0 Å². The van der Waals surface area contributed by atoms with Gasteiger partial charge >= 0.3 is 0 Å². The van der Waals surface area contributed by atoms with Gasteiger partial charge in [0.2, 0.25) is 17.7 Å². The van der Waals surface area contributed by atoms with Gasteiger partial charge in [0.25, 0.3) is 0 Å². The zero-order valence-electron chi connectivity index (χ0n) is 12.7. The molecule has 0 aliphatic carbocycles. The summed E-state index contributed by atoms with van der Waals surface area (Å²) in [5.74, 6) is 0.190. The van der Waals surface area contributed by atoms with Gasteiger partial charge in [0, 0.05) is 19.5 Å². The highest BCUT2D eigenvalue weighted by molar-refractivity contribution is 8.03. The first-order chi connectivity index (χ1) is 11.1. The third kappa shape index (κ3) is 5.78. The van der Waals surface area contributed by atoms with Gasteiger partial charge in [-0.05, 0) is 12.8 Å². The van der Waals surface area contributed by atoms with Gasteiger partial charge in [0.1, 0.15) is 0 Å². The Labute approximate surface area is 147 Å². The average Bonchev–Trinajstić information content (AvgIpc) is 3.17. The van der Waals surface area contributed by atoms with E-state index in [9.17, 15) is 14.4 Å². The second-order valence-corrected chi connectivity index (χ2v) is 8.23. The van der Waals surface area contributed by atoms with Crippen molar-refractivity contribution >= 4 is 52.6 Å². The van der Waals surface area contributed by atoms with Crippen LogP contribution in [0.4, 0.5) is 0 Å². The lowest BCUT2D eigenvalue weighted by Crippen LogP contribution is -2.33. The summed E-state index contributed by atoms with van der Waals surface area (Å²) >= 11 is 3.96. The number of likely N-dealkylation sites (tertiary alicyclic amines) is 1. The molecule has 2 heterocycles. The predicted molar refractivity (Wildman–Crippen MR) is 90.6 cm³/mol. The van der Waals surface area contributed by atoms with E-state index in [4.69, 9.17) is 0 Å². The molecule has 1 aromatic rings. The normalized spacial score (nSPS) is 14.3. The molecule has 0 unspecified atom stereocenters.